The van der Waals surface area contributed by atoms with E-state index in [-0.39, 0.29) is 6.03 Å². The molecule has 1 aliphatic rings. The van der Waals surface area contributed by atoms with Crippen molar-refractivity contribution < 1.29 is 18.0 Å². The average Bonchev–Trinajstić information content (AvgIpc) is 2.60. The van der Waals surface area contributed by atoms with Gasteiger partial charge in [0.1, 0.15) is 5.82 Å². The molecule has 1 aromatic heterocycles. The number of carbonyl (C=O) groups is 1. The van der Waals surface area contributed by atoms with Crippen LogP contribution >= 0.6 is 0 Å². The zero-order valence-electron chi connectivity index (χ0n) is 15.2. The molecule has 144 valence electrons. The number of aromatic nitrogens is 1. The van der Waals surface area contributed by atoms with Gasteiger partial charge >= 0.3 is 12.2 Å². The van der Waals surface area contributed by atoms with Crippen LogP contribution in [0.5, 0.6) is 0 Å². The van der Waals surface area contributed by atoms with Crippen molar-refractivity contribution in [2.24, 2.45) is 0 Å². The van der Waals surface area contributed by atoms with Crippen LogP contribution in [0.2, 0.25) is 0 Å². The van der Waals surface area contributed by atoms with Gasteiger partial charge in [-0.3, -0.25) is 0 Å². The molecule has 27 heavy (non-hydrogen) atoms. The Bertz CT molecular complexity index is 792. The van der Waals surface area contributed by atoms with E-state index in [2.05, 4.69) is 10.3 Å². The van der Waals surface area contributed by atoms with Gasteiger partial charge in [0.2, 0.25) is 0 Å². The minimum absolute atomic E-state index is 0.181. The molecule has 5 nitrogen and oxygen atoms in total. The van der Waals surface area contributed by atoms with Gasteiger partial charge in [-0.25, -0.2) is 9.78 Å². The van der Waals surface area contributed by atoms with Crippen molar-refractivity contribution in [3.8, 4) is 0 Å². The molecular formula is C19H21F3N4O. The van der Waals surface area contributed by atoms with Gasteiger partial charge in [-0.05, 0) is 49.2 Å². The van der Waals surface area contributed by atoms with Crippen LogP contribution in [0.15, 0.2) is 36.5 Å². The predicted octanol–water partition coefficient (Wildman–Crippen LogP) is 4.07. The lowest BCUT2D eigenvalue weighted by Gasteiger charge is -2.35. The summed E-state index contributed by atoms with van der Waals surface area (Å²) in [6.07, 6.45) is -3.55. The molecule has 0 aliphatic carbocycles. The second-order valence-corrected chi connectivity index (χ2v) is 6.68. The Morgan fingerprint density at radius 3 is 2.19 bits per heavy atom. The Morgan fingerprint density at radius 1 is 1.04 bits per heavy atom. The molecule has 2 aromatic rings. The van der Waals surface area contributed by atoms with Crippen LogP contribution in [0.25, 0.3) is 0 Å². The zero-order chi connectivity index (χ0) is 19.6. The summed E-state index contributed by atoms with van der Waals surface area (Å²) in [6.45, 7) is 5.91. The number of carbonyl (C=O) groups excluding carboxylic acids is 1. The van der Waals surface area contributed by atoms with Crippen LogP contribution in [0, 0.1) is 13.8 Å². The van der Waals surface area contributed by atoms with Gasteiger partial charge in [0, 0.05) is 38.1 Å². The van der Waals surface area contributed by atoms with Crippen molar-refractivity contribution in [3.05, 3.63) is 53.2 Å². The third-order valence-corrected chi connectivity index (χ3v) is 4.44. The van der Waals surface area contributed by atoms with Gasteiger partial charge in [0.25, 0.3) is 0 Å². The van der Waals surface area contributed by atoms with Gasteiger partial charge < -0.3 is 15.1 Å². The molecule has 0 spiro atoms. The quantitative estimate of drug-likeness (QED) is 0.857. The number of pyridine rings is 1. The van der Waals surface area contributed by atoms with Crippen molar-refractivity contribution in [3.63, 3.8) is 0 Å². The second-order valence-electron chi connectivity index (χ2n) is 6.68. The number of anilines is 2. The third kappa shape index (κ3) is 4.69. The number of halogens is 3. The van der Waals surface area contributed by atoms with E-state index in [0.717, 1.165) is 29.1 Å². The summed E-state index contributed by atoms with van der Waals surface area (Å²) in [5.74, 6) is 0.484. The average molecular weight is 378 g/mol. The fourth-order valence-corrected chi connectivity index (χ4v) is 3.13. The molecule has 0 atom stereocenters. The third-order valence-electron chi connectivity index (χ3n) is 4.44. The fraction of sp³-hybridized carbons (Fsp3) is 0.368. The Kier molecular flexibility index (Phi) is 5.25. The summed E-state index contributed by atoms with van der Waals surface area (Å²) >= 11 is 0. The van der Waals surface area contributed by atoms with Crippen molar-refractivity contribution in [1.82, 2.24) is 9.88 Å². The number of alkyl halides is 3. The predicted molar refractivity (Wildman–Crippen MR) is 98.0 cm³/mol. The van der Waals surface area contributed by atoms with Gasteiger partial charge in [0.15, 0.2) is 0 Å². The van der Waals surface area contributed by atoms with Gasteiger partial charge in [-0.1, -0.05) is 6.07 Å². The normalized spacial score (nSPS) is 15.0. The van der Waals surface area contributed by atoms with E-state index in [1.165, 1.54) is 6.07 Å². The second kappa shape index (κ2) is 7.46. The number of hydrogen-bond donors (Lipinski definition) is 1. The molecular weight excluding hydrogens is 357 g/mol. The molecule has 2 heterocycles. The highest BCUT2D eigenvalue weighted by Crippen LogP contribution is 2.29. The van der Waals surface area contributed by atoms with E-state index < -0.39 is 11.7 Å². The van der Waals surface area contributed by atoms with Crippen LogP contribution < -0.4 is 10.2 Å². The molecule has 0 unspecified atom stereocenters. The smallest absolute Gasteiger partial charge is 0.353 e. The Hall–Kier alpha value is -2.77. The number of benzene rings is 1. The van der Waals surface area contributed by atoms with E-state index in [9.17, 15) is 18.0 Å². The Morgan fingerprint density at radius 2 is 1.67 bits per heavy atom. The molecule has 1 fully saturated rings. The summed E-state index contributed by atoms with van der Waals surface area (Å²) in [7, 11) is 0. The first-order valence-electron chi connectivity index (χ1n) is 8.65. The summed E-state index contributed by atoms with van der Waals surface area (Å²) in [5, 5.41) is 2.90. The summed E-state index contributed by atoms with van der Waals surface area (Å²) in [4.78, 5) is 19.9. The number of rotatable bonds is 2. The highest BCUT2D eigenvalue weighted by Gasteiger charge is 2.31. The first-order chi connectivity index (χ1) is 12.7. The van der Waals surface area contributed by atoms with Crippen LogP contribution in [-0.2, 0) is 6.18 Å². The molecule has 1 saturated heterocycles. The summed E-state index contributed by atoms with van der Waals surface area (Å²) < 4.78 is 37.9. The molecule has 8 heteroatoms. The van der Waals surface area contributed by atoms with E-state index in [0.29, 0.717) is 32.0 Å². The van der Waals surface area contributed by atoms with Crippen LogP contribution in [-0.4, -0.2) is 42.1 Å². The highest BCUT2D eigenvalue weighted by atomic mass is 19.4. The summed E-state index contributed by atoms with van der Waals surface area (Å²) in [6, 6.07) is 8.07. The molecule has 1 aliphatic heterocycles. The highest BCUT2D eigenvalue weighted by molar-refractivity contribution is 5.89. The van der Waals surface area contributed by atoms with E-state index in [1.807, 2.05) is 36.9 Å². The minimum Gasteiger partial charge on any atom is -0.353 e. The Balaban J connectivity index is 1.57. The SMILES string of the molecule is Cc1cc(C)cc(NC(=O)N2CCN(c3ccc(C(F)(F)F)cn3)CC2)c1. The molecule has 2 amide bonds. The molecule has 0 bridgehead atoms. The maximum absolute atomic E-state index is 12.6. The number of nitrogens with zero attached hydrogens (tertiary/aromatic N) is 3. The number of amides is 2. The number of urea groups is 1. The van der Waals surface area contributed by atoms with E-state index in [4.69, 9.17) is 0 Å². The van der Waals surface area contributed by atoms with Gasteiger partial charge in [-0.2, -0.15) is 13.2 Å². The monoisotopic (exact) mass is 378 g/mol. The molecule has 1 N–H and O–H groups in total. The molecule has 0 saturated carbocycles. The maximum atomic E-state index is 12.6. The van der Waals surface area contributed by atoms with Crippen molar-refractivity contribution in [1.29, 1.82) is 0 Å². The van der Waals surface area contributed by atoms with Gasteiger partial charge in [-0.15, -0.1) is 0 Å². The lowest BCUT2D eigenvalue weighted by Crippen LogP contribution is -2.50. The first kappa shape index (κ1) is 19.0. The van der Waals surface area contributed by atoms with Crippen molar-refractivity contribution in [2.75, 3.05) is 36.4 Å². The standard InChI is InChI=1S/C19H21F3N4O/c1-13-9-14(2)11-16(10-13)24-18(27)26-7-5-25(6-8-26)17-4-3-15(12-23-17)19(20,21)22/h3-4,9-12H,5-8H2,1-2H3,(H,24,27). The lowest BCUT2D eigenvalue weighted by molar-refractivity contribution is -0.137. The maximum Gasteiger partial charge on any atom is 0.417 e. The fourth-order valence-electron chi connectivity index (χ4n) is 3.13. The van der Waals surface area contributed by atoms with Crippen molar-refractivity contribution in [2.45, 2.75) is 20.0 Å². The van der Waals surface area contributed by atoms with E-state index >= 15 is 0 Å². The van der Waals surface area contributed by atoms with E-state index in [1.54, 1.807) is 4.90 Å². The zero-order valence-corrected chi connectivity index (χ0v) is 15.2. The Labute approximate surface area is 155 Å². The van der Waals surface area contributed by atoms with Gasteiger partial charge in [0.05, 0.1) is 5.56 Å². The van der Waals surface area contributed by atoms with Crippen molar-refractivity contribution >= 4 is 17.5 Å². The first-order valence-corrected chi connectivity index (χ1v) is 8.65. The molecule has 0 radical (unpaired) electrons. The molecule has 1 aromatic carbocycles. The van der Waals surface area contributed by atoms with Crippen LogP contribution in [0.3, 0.4) is 0 Å². The topological polar surface area (TPSA) is 48.5 Å². The number of piperazine rings is 1. The number of aryl methyl sites for hydroxylation is 2. The lowest BCUT2D eigenvalue weighted by atomic mass is 10.1. The number of nitrogens with one attached hydrogen (secondary N) is 1. The van der Waals surface area contributed by atoms with Crippen LogP contribution in [0.4, 0.5) is 29.5 Å². The minimum atomic E-state index is -4.39. The largest absolute Gasteiger partial charge is 0.417 e. The summed E-state index contributed by atoms with van der Waals surface area (Å²) in [5.41, 5.74) is 2.13. The van der Waals surface area contributed by atoms with Crippen LogP contribution in [0.1, 0.15) is 16.7 Å². The molecule has 3 rings (SSSR count). The number of hydrogen-bond acceptors (Lipinski definition) is 3.